The molecule has 2 atom stereocenters. The van der Waals surface area contributed by atoms with E-state index in [1.807, 2.05) is 0 Å². The summed E-state index contributed by atoms with van der Waals surface area (Å²) in [6.07, 6.45) is 2.42. The Hall–Kier alpha value is -2.08. The van der Waals surface area contributed by atoms with Gasteiger partial charge in [0.1, 0.15) is 17.5 Å². The average Bonchev–Trinajstić information content (AvgIpc) is 2.62. The van der Waals surface area contributed by atoms with Crippen LogP contribution in [-0.4, -0.2) is 40.3 Å². The Morgan fingerprint density at radius 1 is 1.08 bits per heavy atom. The molecule has 3 saturated heterocycles. The molecule has 25 heavy (non-hydrogen) atoms. The molecule has 1 aromatic heterocycles. The number of nitrogens with one attached hydrogen (secondary N) is 1. The largest absolute Gasteiger partial charge is 0.364 e. The van der Waals surface area contributed by atoms with E-state index < -0.39 is 11.6 Å². The maximum atomic E-state index is 14.1. The molecule has 5 rings (SSSR count). The molecule has 0 unspecified atom stereocenters. The van der Waals surface area contributed by atoms with Crippen LogP contribution >= 0.6 is 0 Å². The number of nitrogens with zero attached hydrogens (tertiary/aromatic N) is 3. The molecular formula is C19H22F2N4. The second-order valence-corrected chi connectivity index (χ2v) is 7.17. The van der Waals surface area contributed by atoms with Gasteiger partial charge < -0.3 is 5.32 Å². The highest BCUT2D eigenvalue weighted by molar-refractivity contribution is 5.61. The maximum absolute atomic E-state index is 14.1. The van der Waals surface area contributed by atoms with E-state index >= 15 is 0 Å². The number of anilines is 1. The van der Waals surface area contributed by atoms with Gasteiger partial charge in [-0.2, -0.15) is 0 Å². The molecule has 2 aromatic rings. The average molecular weight is 344 g/mol. The lowest BCUT2D eigenvalue weighted by Crippen LogP contribution is -2.59. The van der Waals surface area contributed by atoms with Crippen molar-refractivity contribution in [3.63, 3.8) is 0 Å². The Bertz CT molecular complexity index is 768. The lowest BCUT2D eigenvalue weighted by molar-refractivity contribution is 0.0457. The molecule has 3 aliphatic rings. The van der Waals surface area contributed by atoms with Crippen LogP contribution in [-0.2, 0) is 0 Å². The SMILES string of the molecule is Cc1cc(F)c(-c2ccc(N[C@H]3C4CCN(CC4)[C@@H]3C)nn2)cc1F. The molecule has 132 valence electrons. The van der Waals surface area contributed by atoms with Crippen molar-refractivity contribution in [1.82, 2.24) is 15.1 Å². The topological polar surface area (TPSA) is 41.0 Å². The quantitative estimate of drug-likeness (QED) is 0.923. The van der Waals surface area contributed by atoms with Gasteiger partial charge in [0.25, 0.3) is 0 Å². The third-order valence-corrected chi connectivity index (χ3v) is 5.68. The molecule has 0 aliphatic carbocycles. The third kappa shape index (κ3) is 2.99. The molecule has 0 radical (unpaired) electrons. The lowest BCUT2D eigenvalue weighted by atomic mass is 9.79. The molecular weight excluding hydrogens is 322 g/mol. The number of benzene rings is 1. The Labute approximate surface area is 146 Å². The van der Waals surface area contributed by atoms with E-state index in [4.69, 9.17) is 0 Å². The maximum Gasteiger partial charge on any atom is 0.148 e. The van der Waals surface area contributed by atoms with Crippen LogP contribution < -0.4 is 5.32 Å². The Kier molecular flexibility index (Phi) is 4.15. The van der Waals surface area contributed by atoms with E-state index in [0.717, 1.165) is 0 Å². The molecule has 4 nitrogen and oxygen atoms in total. The van der Waals surface area contributed by atoms with Crippen molar-refractivity contribution in [1.29, 1.82) is 0 Å². The fourth-order valence-corrected chi connectivity index (χ4v) is 4.11. The minimum atomic E-state index is -0.486. The van der Waals surface area contributed by atoms with Crippen molar-refractivity contribution in [3.05, 3.63) is 41.5 Å². The molecule has 1 N–H and O–H groups in total. The van der Waals surface area contributed by atoms with E-state index in [2.05, 4.69) is 27.3 Å². The first-order valence-electron chi connectivity index (χ1n) is 8.83. The molecule has 2 bridgehead atoms. The number of fused-ring (bicyclic) bond motifs is 3. The second-order valence-electron chi connectivity index (χ2n) is 7.17. The van der Waals surface area contributed by atoms with Crippen molar-refractivity contribution in [2.45, 2.75) is 38.8 Å². The smallest absolute Gasteiger partial charge is 0.148 e. The lowest BCUT2D eigenvalue weighted by Gasteiger charge is -2.50. The summed E-state index contributed by atoms with van der Waals surface area (Å²) in [5.41, 5.74) is 0.756. The van der Waals surface area contributed by atoms with Crippen LogP contribution in [0.5, 0.6) is 0 Å². The highest BCUT2D eigenvalue weighted by Gasteiger charge is 2.39. The Balaban J connectivity index is 1.54. The molecule has 1 aromatic carbocycles. The predicted molar refractivity (Wildman–Crippen MR) is 93.3 cm³/mol. The van der Waals surface area contributed by atoms with Gasteiger partial charge in [0.15, 0.2) is 0 Å². The summed E-state index contributed by atoms with van der Waals surface area (Å²) in [6.45, 7) is 6.13. The van der Waals surface area contributed by atoms with Crippen molar-refractivity contribution < 1.29 is 8.78 Å². The van der Waals surface area contributed by atoms with Crippen LogP contribution in [0, 0.1) is 24.5 Å². The zero-order valence-corrected chi connectivity index (χ0v) is 14.5. The predicted octanol–water partition coefficient (Wildman–Crippen LogP) is 3.62. The fraction of sp³-hybridized carbons (Fsp3) is 0.474. The summed E-state index contributed by atoms with van der Waals surface area (Å²) < 4.78 is 27.8. The van der Waals surface area contributed by atoms with Gasteiger partial charge in [-0.25, -0.2) is 8.78 Å². The minimum absolute atomic E-state index is 0.137. The van der Waals surface area contributed by atoms with Gasteiger partial charge in [0.05, 0.1) is 5.69 Å². The van der Waals surface area contributed by atoms with E-state index in [1.54, 1.807) is 12.1 Å². The molecule has 3 fully saturated rings. The number of hydrogen-bond donors (Lipinski definition) is 1. The number of hydrogen-bond acceptors (Lipinski definition) is 4. The number of halogens is 2. The van der Waals surface area contributed by atoms with E-state index in [1.165, 1.54) is 45.0 Å². The van der Waals surface area contributed by atoms with Gasteiger partial charge in [-0.05, 0) is 75.5 Å². The van der Waals surface area contributed by atoms with Crippen LogP contribution in [0.15, 0.2) is 24.3 Å². The normalized spacial score (nSPS) is 28.2. The Morgan fingerprint density at radius 3 is 2.48 bits per heavy atom. The number of aryl methyl sites for hydroxylation is 1. The van der Waals surface area contributed by atoms with Crippen molar-refractivity contribution >= 4 is 5.82 Å². The molecule has 6 heteroatoms. The third-order valence-electron chi connectivity index (χ3n) is 5.68. The Morgan fingerprint density at radius 2 is 1.84 bits per heavy atom. The van der Waals surface area contributed by atoms with Gasteiger partial charge in [-0.15, -0.1) is 10.2 Å². The standard InChI is InChI=1S/C19H22F2N4/c1-11-9-16(21)14(10-15(11)20)17-3-4-18(24-23-17)22-19-12(2)25-7-5-13(19)6-8-25/h3-4,9-10,12-13,19H,5-8H2,1-2H3,(H,22,24)/t12-,19-/m1/s1. The number of piperidine rings is 3. The summed E-state index contributed by atoms with van der Waals surface area (Å²) in [5, 5.41) is 11.8. The van der Waals surface area contributed by atoms with Crippen LogP contribution in [0.2, 0.25) is 0 Å². The second kappa shape index (κ2) is 6.33. The highest BCUT2D eigenvalue weighted by atomic mass is 19.1. The van der Waals surface area contributed by atoms with E-state index in [9.17, 15) is 8.78 Å². The zero-order chi connectivity index (χ0) is 17.6. The van der Waals surface area contributed by atoms with Gasteiger partial charge >= 0.3 is 0 Å². The van der Waals surface area contributed by atoms with Crippen molar-refractivity contribution in [2.24, 2.45) is 5.92 Å². The molecule has 0 spiro atoms. The number of aromatic nitrogens is 2. The first-order valence-corrected chi connectivity index (χ1v) is 8.83. The molecule has 0 saturated carbocycles. The molecule has 3 aliphatic heterocycles. The van der Waals surface area contributed by atoms with E-state index in [-0.39, 0.29) is 11.1 Å². The monoisotopic (exact) mass is 344 g/mol. The van der Waals surface area contributed by atoms with Gasteiger partial charge in [0, 0.05) is 17.6 Å². The summed E-state index contributed by atoms with van der Waals surface area (Å²) in [7, 11) is 0. The highest BCUT2D eigenvalue weighted by Crippen LogP contribution is 2.34. The van der Waals surface area contributed by atoms with Crippen LogP contribution in [0.4, 0.5) is 14.6 Å². The number of rotatable bonds is 3. The van der Waals surface area contributed by atoms with Crippen LogP contribution in [0.1, 0.15) is 25.3 Å². The zero-order valence-electron chi connectivity index (χ0n) is 14.5. The van der Waals surface area contributed by atoms with Crippen molar-refractivity contribution in [2.75, 3.05) is 18.4 Å². The van der Waals surface area contributed by atoms with Crippen LogP contribution in [0.3, 0.4) is 0 Å². The van der Waals surface area contributed by atoms with Gasteiger partial charge in [-0.3, -0.25) is 4.90 Å². The summed E-state index contributed by atoms with van der Waals surface area (Å²) in [5.74, 6) is 0.411. The first-order chi connectivity index (χ1) is 12.0. The minimum Gasteiger partial charge on any atom is -0.364 e. The van der Waals surface area contributed by atoms with Gasteiger partial charge in [0.2, 0.25) is 0 Å². The summed E-state index contributed by atoms with van der Waals surface area (Å²) in [6, 6.07) is 6.68. The fourth-order valence-electron chi connectivity index (χ4n) is 4.11. The molecule has 0 amide bonds. The first kappa shape index (κ1) is 16.4. The van der Waals surface area contributed by atoms with E-state index in [0.29, 0.717) is 29.5 Å². The summed E-state index contributed by atoms with van der Waals surface area (Å²) in [4.78, 5) is 2.50. The van der Waals surface area contributed by atoms with Crippen LogP contribution in [0.25, 0.3) is 11.3 Å². The molecule has 4 heterocycles. The summed E-state index contributed by atoms with van der Waals surface area (Å²) >= 11 is 0. The van der Waals surface area contributed by atoms with Crippen molar-refractivity contribution in [3.8, 4) is 11.3 Å². The van der Waals surface area contributed by atoms with Gasteiger partial charge in [-0.1, -0.05) is 0 Å².